The van der Waals surface area contributed by atoms with E-state index in [1.807, 2.05) is 6.07 Å². The number of nitrogens with zero attached hydrogens (tertiary/aromatic N) is 2. The highest BCUT2D eigenvalue weighted by Crippen LogP contribution is 2.35. The maximum Gasteiger partial charge on any atom is 0.341 e. The van der Waals surface area contributed by atoms with Gasteiger partial charge in [0.1, 0.15) is 17.4 Å². The Labute approximate surface area is 144 Å². The maximum atomic E-state index is 11.8. The molecular formula is C14H12Br2N2O4. The van der Waals surface area contributed by atoms with Crippen molar-refractivity contribution in [2.75, 3.05) is 20.7 Å². The van der Waals surface area contributed by atoms with Crippen molar-refractivity contribution in [2.45, 2.75) is 0 Å². The first kappa shape index (κ1) is 18.2. The Kier molecular flexibility index (Phi) is 6.59. The molecule has 116 valence electrons. The molecule has 0 spiro atoms. The highest BCUT2D eigenvalue weighted by atomic mass is 79.9. The van der Waals surface area contributed by atoms with Gasteiger partial charge in [0.25, 0.3) is 5.91 Å². The fourth-order valence-corrected chi connectivity index (χ4v) is 2.93. The molecule has 1 N–H and O–H groups in total. The molecule has 1 rings (SSSR count). The van der Waals surface area contributed by atoms with Crippen molar-refractivity contribution < 1.29 is 19.4 Å². The summed E-state index contributed by atoms with van der Waals surface area (Å²) in [5.74, 6) is -1.16. The minimum Gasteiger partial charge on any atom is -0.480 e. The summed E-state index contributed by atoms with van der Waals surface area (Å²) in [6, 6.07) is 5.11. The van der Waals surface area contributed by atoms with Gasteiger partial charge in [-0.1, -0.05) is 0 Å². The Morgan fingerprint density at radius 3 is 2.32 bits per heavy atom. The minimum absolute atomic E-state index is 0.0111. The van der Waals surface area contributed by atoms with Crippen LogP contribution in [0.1, 0.15) is 5.56 Å². The van der Waals surface area contributed by atoms with Gasteiger partial charge in [0.2, 0.25) is 0 Å². The highest BCUT2D eigenvalue weighted by molar-refractivity contribution is 9.11. The number of benzene rings is 1. The van der Waals surface area contributed by atoms with E-state index in [0.29, 0.717) is 20.3 Å². The van der Waals surface area contributed by atoms with Crippen LogP contribution in [-0.4, -0.2) is 42.6 Å². The summed E-state index contributed by atoms with van der Waals surface area (Å²) in [6.07, 6.45) is 1.44. The molecule has 0 heterocycles. The maximum absolute atomic E-state index is 11.8. The number of carboxylic acids is 1. The van der Waals surface area contributed by atoms with Crippen LogP contribution in [0.5, 0.6) is 5.75 Å². The molecule has 1 amide bonds. The molecule has 0 atom stereocenters. The number of carbonyl (C=O) groups is 2. The first-order chi connectivity index (χ1) is 10.3. The molecule has 0 saturated carbocycles. The summed E-state index contributed by atoms with van der Waals surface area (Å²) in [4.78, 5) is 23.7. The SMILES string of the molecule is CN(C)C(=O)/C(C#N)=C\c1cc(Br)c(OCC(=O)O)c(Br)c1. The van der Waals surface area contributed by atoms with Gasteiger partial charge < -0.3 is 14.7 Å². The number of amides is 1. The Morgan fingerprint density at radius 2 is 1.91 bits per heavy atom. The van der Waals surface area contributed by atoms with Gasteiger partial charge in [-0.3, -0.25) is 4.79 Å². The predicted molar refractivity (Wildman–Crippen MR) is 87.3 cm³/mol. The number of nitriles is 1. The lowest BCUT2D eigenvalue weighted by Gasteiger charge is -2.11. The predicted octanol–water partition coefficient (Wildman–Crippen LogP) is 2.67. The molecule has 0 bridgehead atoms. The van der Waals surface area contributed by atoms with Crippen LogP contribution in [0.4, 0.5) is 0 Å². The molecule has 22 heavy (non-hydrogen) atoms. The molecule has 0 radical (unpaired) electrons. The van der Waals surface area contributed by atoms with E-state index in [0.717, 1.165) is 0 Å². The van der Waals surface area contributed by atoms with Gasteiger partial charge in [-0.15, -0.1) is 0 Å². The average Bonchev–Trinajstić information content (AvgIpc) is 2.42. The van der Waals surface area contributed by atoms with Crippen molar-refractivity contribution in [2.24, 2.45) is 0 Å². The molecule has 0 fully saturated rings. The van der Waals surface area contributed by atoms with Gasteiger partial charge in [-0.2, -0.15) is 5.26 Å². The summed E-state index contributed by atoms with van der Waals surface area (Å²) < 4.78 is 6.15. The third-order valence-electron chi connectivity index (χ3n) is 2.43. The Balaban J connectivity index is 3.16. The molecule has 1 aromatic carbocycles. The van der Waals surface area contributed by atoms with E-state index in [-0.39, 0.29) is 5.57 Å². The van der Waals surface area contributed by atoms with Gasteiger partial charge in [-0.05, 0) is 55.6 Å². The van der Waals surface area contributed by atoms with E-state index in [2.05, 4.69) is 31.9 Å². The van der Waals surface area contributed by atoms with Gasteiger partial charge in [0.15, 0.2) is 6.61 Å². The minimum atomic E-state index is -1.09. The monoisotopic (exact) mass is 430 g/mol. The second-order valence-electron chi connectivity index (χ2n) is 4.37. The first-order valence-corrected chi connectivity index (χ1v) is 7.52. The second-order valence-corrected chi connectivity index (χ2v) is 6.07. The number of hydrogen-bond acceptors (Lipinski definition) is 4. The first-order valence-electron chi connectivity index (χ1n) is 5.93. The number of hydrogen-bond donors (Lipinski definition) is 1. The Bertz CT molecular complexity index is 655. The van der Waals surface area contributed by atoms with Crippen LogP contribution in [0.3, 0.4) is 0 Å². The summed E-state index contributed by atoms with van der Waals surface area (Å²) in [7, 11) is 3.12. The summed E-state index contributed by atoms with van der Waals surface area (Å²) in [5, 5.41) is 17.7. The number of carbonyl (C=O) groups excluding carboxylic acids is 1. The van der Waals surface area contributed by atoms with Crippen LogP contribution in [0.25, 0.3) is 6.08 Å². The largest absolute Gasteiger partial charge is 0.480 e. The van der Waals surface area contributed by atoms with Crippen LogP contribution in [0.2, 0.25) is 0 Å². The third kappa shape index (κ3) is 4.86. The van der Waals surface area contributed by atoms with Crippen molar-refractivity contribution in [3.63, 3.8) is 0 Å². The third-order valence-corrected chi connectivity index (χ3v) is 3.61. The lowest BCUT2D eigenvalue weighted by atomic mass is 10.1. The van der Waals surface area contributed by atoms with Crippen molar-refractivity contribution >= 4 is 49.8 Å². The topological polar surface area (TPSA) is 90.6 Å². The lowest BCUT2D eigenvalue weighted by molar-refractivity contribution is -0.139. The average molecular weight is 432 g/mol. The van der Waals surface area contributed by atoms with Crippen molar-refractivity contribution in [3.8, 4) is 11.8 Å². The molecule has 0 aliphatic carbocycles. The van der Waals surface area contributed by atoms with E-state index < -0.39 is 18.5 Å². The fourth-order valence-electron chi connectivity index (χ4n) is 1.48. The van der Waals surface area contributed by atoms with Crippen LogP contribution >= 0.6 is 31.9 Å². The lowest BCUT2D eigenvalue weighted by Crippen LogP contribution is -2.22. The Morgan fingerprint density at radius 1 is 1.36 bits per heavy atom. The standard InChI is InChI=1S/C14H12Br2N2O4/c1-18(2)14(21)9(6-17)3-8-4-10(15)13(11(16)5-8)22-7-12(19)20/h3-5H,7H2,1-2H3,(H,19,20)/b9-3-. The van der Waals surface area contributed by atoms with E-state index in [1.54, 1.807) is 26.2 Å². The van der Waals surface area contributed by atoms with Crippen molar-refractivity contribution in [1.82, 2.24) is 4.90 Å². The smallest absolute Gasteiger partial charge is 0.341 e. The van der Waals surface area contributed by atoms with Gasteiger partial charge in [0.05, 0.1) is 8.95 Å². The molecule has 0 saturated heterocycles. The zero-order chi connectivity index (χ0) is 16.9. The van der Waals surface area contributed by atoms with E-state index >= 15 is 0 Å². The number of ether oxygens (including phenoxy) is 1. The molecule has 0 aliphatic heterocycles. The number of halogens is 2. The van der Waals surface area contributed by atoms with E-state index in [4.69, 9.17) is 15.1 Å². The van der Waals surface area contributed by atoms with Gasteiger partial charge >= 0.3 is 5.97 Å². The van der Waals surface area contributed by atoms with Crippen LogP contribution in [-0.2, 0) is 9.59 Å². The van der Waals surface area contributed by atoms with Crippen LogP contribution in [0.15, 0.2) is 26.7 Å². The molecule has 6 nitrogen and oxygen atoms in total. The Hall–Kier alpha value is -1.85. The number of aliphatic carboxylic acids is 1. The molecule has 0 aromatic heterocycles. The highest BCUT2D eigenvalue weighted by Gasteiger charge is 2.14. The van der Waals surface area contributed by atoms with Crippen molar-refractivity contribution in [1.29, 1.82) is 5.26 Å². The summed E-state index contributed by atoms with van der Waals surface area (Å²) in [5.41, 5.74) is 0.580. The quantitative estimate of drug-likeness (QED) is 0.571. The van der Waals surface area contributed by atoms with Crippen molar-refractivity contribution in [3.05, 3.63) is 32.2 Å². The van der Waals surface area contributed by atoms with Gasteiger partial charge in [-0.25, -0.2) is 4.79 Å². The summed E-state index contributed by atoms with van der Waals surface area (Å²) >= 11 is 6.54. The van der Waals surface area contributed by atoms with Gasteiger partial charge in [0, 0.05) is 14.1 Å². The second kappa shape index (κ2) is 7.96. The summed E-state index contributed by atoms with van der Waals surface area (Å²) in [6.45, 7) is -0.477. The molecular weight excluding hydrogens is 420 g/mol. The zero-order valence-corrected chi connectivity index (χ0v) is 14.9. The van der Waals surface area contributed by atoms with E-state index in [9.17, 15) is 9.59 Å². The van der Waals surface area contributed by atoms with Crippen LogP contribution < -0.4 is 4.74 Å². The fraction of sp³-hybridized carbons (Fsp3) is 0.214. The number of likely N-dealkylation sites (N-methyl/N-ethyl adjacent to an activating group) is 1. The molecule has 0 unspecified atom stereocenters. The van der Waals surface area contributed by atoms with E-state index in [1.165, 1.54) is 11.0 Å². The van der Waals surface area contributed by atoms with Crippen LogP contribution in [0, 0.1) is 11.3 Å². The number of carboxylic acid groups (broad SMARTS) is 1. The zero-order valence-electron chi connectivity index (χ0n) is 11.8. The molecule has 8 heteroatoms. The molecule has 1 aromatic rings. The molecule has 0 aliphatic rings. The number of rotatable bonds is 5. The normalized spacial score (nSPS) is 10.8.